The Morgan fingerprint density at radius 3 is 2.82 bits per heavy atom. The van der Waals surface area contributed by atoms with E-state index in [4.69, 9.17) is 4.74 Å². The Morgan fingerprint density at radius 2 is 2.12 bits per heavy atom. The number of allylic oxidation sites excluding steroid dienone is 1. The maximum Gasteiger partial charge on any atom is 0.0725 e. The Labute approximate surface area is 104 Å². The molecule has 2 nitrogen and oxygen atoms in total. The summed E-state index contributed by atoms with van der Waals surface area (Å²) in [4.78, 5) is 0. The van der Waals surface area contributed by atoms with Crippen LogP contribution in [0.1, 0.15) is 43.5 Å². The maximum absolute atomic E-state index is 5.45. The molecule has 0 aliphatic carbocycles. The second-order valence-corrected chi connectivity index (χ2v) is 4.80. The molecule has 1 unspecified atom stereocenters. The van der Waals surface area contributed by atoms with Crippen molar-refractivity contribution >= 4 is 0 Å². The van der Waals surface area contributed by atoms with Gasteiger partial charge in [0.15, 0.2) is 0 Å². The van der Waals surface area contributed by atoms with Crippen molar-refractivity contribution in [1.29, 1.82) is 0 Å². The summed E-state index contributed by atoms with van der Waals surface area (Å²) in [5.74, 6) is 0. The van der Waals surface area contributed by atoms with Crippen molar-refractivity contribution in [3.8, 4) is 0 Å². The molecule has 2 rings (SSSR count). The molecule has 2 heteroatoms. The van der Waals surface area contributed by atoms with E-state index in [-0.39, 0.29) is 0 Å². The van der Waals surface area contributed by atoms with E-state index in [0.717, 1.165) is 19.8 Å². The maximum atomic E-state index is 5.45. The molecule has 92 valence electrons. The average Bonchev–Trinajstić information content (AvgIpc) is 2.74. The van der Waals surface area contributed by atoms with Gasteiger partial charge >= 0.3 is 0 Å². The number of likely N-dealkylation sites (N-methyl/N-ethyl adjacent to an activating group) is 1. The highest BCUT2D eigenvalue weighted by molar-refractivity contribution is 5.36. The van der Waals surface area contributed by atoms with E-state index in [0.29, 0.717) is 6.04 Å². The third-order valence-corrected chi connectivity index (χ3v) is 3.03. The van der Waals surface area contributed by atoms with Crippen molar-refractivity contribution in [2.45, 2.75) is 40.0 Å². The highest BCUT2D eigenvalue weighted by Gasteiger charge is 2.14. The molecule has 0 fully saturated rings. The second kappa shape index (κ2) is 5.48. The van der Waals surface area contributed by atoms with E-state index < -0.39 is 0 Å². The van der Waals surface area contributed by atoms with E-state index in [1.54, 1.807) is 0 Å². The topological polar surface area (TPSA) is 21.3 Å². The van der Waals surface area contributed by atoms with Gasteiger partial charge in [0.05, 0.1) is 19.3 Å². The molecule has 1 aromatic rings. The Balaban J connectivity index is 2.26. The number of rotatable bonds is 4. The molecule has 0 radical (unpaired) electrons. The zero-order chi connectivity index (χ0) is 12.3. The third kappa shape index (κ3) is 2.96. The molecule has 0 bridgehead atoms. The van der Waals surface area contributed by atoms with E-state index in [9.17, 15) is 0 Å². The molecule has 0 saturated heterocycles. The number of hydrogen-bond donors (Lipinski definition) is 1. The summed E-state index contributed by atoms with van der Waals surface area (Å²) in [7, 11) is 0. The molecule has 0 saturated carbocycles. The molecule has 1 heterocycles. The highest BCUT2D eigenvalue weighted by atomic mass is 16.5. The van der Waals surface area contributed by atoms with Crippen LogP contribution in [0.25, 0.3) is 0 Å². The second-order valence-electron chi connectivity index (χ2n) is 4.80. The molecule has 0 spiro atoms. The van der Waals surface area contributed by atoms with Gasteiger partial charge in [-0.25, -0.2) is 0 Å². The van der Waals surface area contributed by atoms with Crippen LogP contribution in [0.2, 0.25) is 0 Å². The van der Waals surface area contributed by atoms with Crippen molar-refractivity contribution in [2.75, 3.05) is 6.54 Å². The van der Waals surface area contributed by atoms with Gasteiger partial charge in [-0.15, -0.1) is 0 Å². The molecule has 1 N–H and O–H groups in total. The lowest BCUT2D eigenvalue weighted by Crippen LogP contribution is -2.19. The van der Waals surface area contributed by atoms with E-state index in [2.05, 4.69) is 50.4 Å². The largest absolute Gasteiger partial charge is 0.372 e. The Kier molecular flexibility index (Phi) is 3.97. The van der Waals surface area contributed by atoms with E-state index in [1.807, 2.05) is 0 Å². The van der Waals surface area contributed by atoms with Crippen LogP contribution in [-0.4, -0.2) is 6.54 Å². The van der Waals surface area contributed by atoms with Gasteiger partial charge in [-0.05, 0) is 37.1 Å². The normalized spacial score (nSPS) is 15.5. The number of ether oxygens (including phenoxy) is 1. The Hall–Kier alpha value is -1.12. The summed E-state index contributed by atoms with van der Waals surface area (Å²) < 4.78 is 5.45. The van der Waals surface area contributed by atoms with Gasteiger partial charge < -0.3 is 10.1 Å². The van der Waals surface area contributed by atoms with Crippen LogP contribution in [0.15, 0.2) is 29.8 Å². The summed E-state index contributed by atoms with van der Waals surface area (Å²) >= 11 is 0. The summed E-state index contributed by atoms with van der Waals surface area (Å²) in [5.41, 5.74) is 5.35. The van der Waals surface area contributed by atoms with Crippen LogP contribution >= 0.6 is 0 Å². The molecular weight excluding hydrogens is 210 g/mol. The number of nitrogens with one attached hydrogen (secondary N) is 1. The zero-order valence-corrected chi connectivity index (χ0v) is 10.9. The van der Waals surface area contributed by atoms with Crippen LogP contribution < -0.4 is 5.32 Å². The van der Waals surface area contributed by atoms with Gasteiger partial charge in [-0.3, -0.25) is 0 Å². The molecule has 1 aliphatic heterocycles. The molecule has 0 amide bonds. The first-order valence-electron chi connectivity index (χ1n) is 6.28. The third-order valence-electron chi connectivity index (χ3n) is 3.03. The zero-order valence-electron chi connectivity index (χ0n) is 10.9. The molecule has 1 aliphatic rings. The van der Waals surface area contributed by atoms with Gasteiger partial charge in [-0.1, -0.05) is 36.8 Å². The Morgan fingerprint density at radius 1 is 1.35 bits per heavy atom. The van der Waals surface area contributed by atoms with Gasteiger partial charge in [0.2, 0.25) is 0 Å². The quantitative estimate of drug-likeness (QED) is 0.802. The summed E-state index contributed by atoms with van der Waals surface area (Å²) in [6.45, 7) is 8.92. The SMILES string of the molecule is CCNC(C=C(C)C)c1ccc2c(c1)COC2. The fourth-order valence-corrected chi connectivity index (χ4v) is 2.21. The van der Waals surface area contributed by atoms with Crippen LogP contribution in [0.5, 0.6) is 0 Å². The lowest BCUT2D eigenvalue weighted by atomic mass is 9.99. The van der Waals surface area contributed by atoms with Crippen LogP contribution in [0.4, 0.5) is 0 Å². The number of hydrogen-bond acceptors (Lipinski definition) is 2. The van der Waals surface area contributed by atoms with Crippen molar-refractivity contribution in [2.24, 2.45) is 0 Å². The smallest absolute Gasteiger partial charge is 0.0725 e. The van der Waals surface area contributed by atoms with Gasteiger partial charge in [0.25, 0.3) is 0 Å². The molecule has 1 aromatic carbocycles. The number of benzene rings is 1. The highest BCUT2D eigenvalue weighted by Crippen LogP contribution is 2.25. The summed E-state index contributed by atoms with van der Waals surface area (Å²) in [6.07, 6.45) is 2.28. The minimum absolute atomic E-state index is 0.316. The first-order valence-corrected chi connectivity index (χ1v) is 6.28. The molecule has 1 atom stereocenters. The lowest BCUT2D eigenvalue weighted by molar-refractivity contribution is 0.134. The standard InChI is InChI=1S/C15H21NO/c1-4-16-15(7-11(2)3)12-5-6-13-9-17-10-14(13)8-12/h5-8,15-16H,4,9-10H2,1-3H3. The van der Waals surface area contributed by atoms with Crippen molar-refractivity contribution in [1.82, 2.24) is 5.32 Å². The van der Waals surface area contributed by atoms with Crippen LogP contribution in [0, 0.1) is 0 Å². The number of fused-ring (bicyclic) bond motifs is 1. The first-order chi connectivity index (χ1) is 8.20. The lowest BCUT2D eigenvalue weighted by Gasteiger charge is -2.16. The molecule has 17 heavy (non-hydrogen) atoms. The predicted molar refractivity (Wildman–Crippen MR) is 70.8 cm³/mol. The minimum Gasteiger partial charge on any atom is -0.372 e. The van der Waals surface area contributed by atoms with Crippen LogP contribution in [0.3, 0.4) is 0 Å². The van der Waals surface area contributed by atoms with Gasteiger partial charge in [-0.2, -0.15) is 0 Å². The first kappa shape index (κ1) is 12.3. The van der Waals surface area contributed by atoms with Crippen molar-refractivity contribution in [3.05, 3.63) is 46.5 Å². The Bertz CT molecular complexity index is 419. The van der Waals surface area contributed by atoms with Crippen molar-refractivity contribution in [3.63, 3.8) is 0 Å². The fraction of sp³-hybridized carbons (Fsp3) is 0.467. The predicted octanol–water partition coefficient (Wildman–Crippen LogP) is 3.33. The van der Waals surface area contributed by atoms with Crippen LogP contribution in [-0.2, 0) is 18.0 Å². The summed E-state index contributed by atoms with van der Waals surface area (Å²) in [5, 5.41) is 3.50. The average molecular weight is 231 g/mol. The van der Waals surface area contributed by atoms with E-state index >= 15 is 0 Å². The van der Waals surface area contributed by atoms with E-state index in [1.165, 1.54) is 22.3 Å². The van der Waals surface area contributed by atoms with Crippen molar-refractivity contribution < 1.29 is 4.74 Å². The summed E-state index contributed by atoms with van der Waals surface area (Å²) in [6, 6.07) is 6.99. The monoisotopic (exact) mass is 231 g/mol. The van der Waals surface area contributed by atoms with Gasteiger partial charge in [0.1, 0.15) is 0 Å². The molecule has 0 aromatic heterocycles. The molecular formula is C15H21NO. The minimum atomic E-state index is 0.316. The fourth-order valence-electron chi connectivity index (χ4n) is 2.21. The van der Waals surface area contributed by atoms with Gasteiger partial charge in [0, 0.05) is 0 Å².